The number of hydrogen-bond acceptors (Lipinski definition) is 7. The van der Waals surface area contributed by atoms with Crippen molar-refractivity contribution in [2.45, 2.75) is 40.8 Å². The average Bonchev–Trinajstić information content (AvgIpc) is 3.82. The summed E-state index contributed by atoms with van der Waals surface area (Å²) in [5, 5.41) is 14.3. The monoisotopic (exact) mass is 881 g/mol. The highest BCUT2D eigenvalue weighted by Crippen LogP contribution is 2.45. The molecule has 0 aliphatic rings. The zero-order chi connectivity index (χ0) is 46.3. The van der Waals surface area contributed by atoms with Crippen LogP contribution in [0.2, 0.25) is 0 Å². The molecule has 0 aliphatic carbocycles. The largest absolute Gasteiger partial charge is 0.417 e. The number of para-hydroxylation sites is 2. The van der Waals surface area contributed by atoms with E-state index < -0.39 is 11.7 Å². The molecule has 324 valence electrons. The first kappa shape index (κ1) is 41.2. The summed E-state index contributed by atoms with van der Waals surface area (Å²) in [5.41, 5.74) is 8.58. The molecule has 0 atom stereocenters. The maximum absolute atomic E-state index is 14.9. The molecule has 0 spiro atoms. The molecule has 0 aliphatic heterocycles. The highest BCUT2D eigenvalue weighted by atomic mass is 19.4. The molecule has 0 saturated heterocycles. The summed E-state index contributed by atoms with van der Waals surface area (Å²) in [6.45, 7) is 9.07. The van der Waals surface area contributed by atoms with E-state index in [0.717, 1.165) is 66.5 Å². The van der Waals surface area contributed by atoms with Crippen LogP contribution < -0.4 is 0 Å². The van der Waals surface area contributed by atoms with Gasteiger partial charge in [-0.3, -0.25) is 0 Å². The number of halogens is 3. The third kappa shape index (κ3) is 6.94. The van der Waals surface area contributed by atoms with Gasteiger partial charge in [-0.1, -0.05) is 60.7 Å². The number of benzene rings is 7. The van der Waals surface area contributed by atoms with E-state index in [0.29, 0.717) is 68.5 Å². The van der Waals surface area contributed by atoms with Gasteiger partial charge in [-0.05, 0) is 130 Å². The Bertz CT molecular complexity index is 3850. The van der Waals surface area contributed by atoms with Gasteiger partial charge >= 0.3 is 6.18 Å². The predicted molar refractivity (Wildman–Crippen MR) is 257 cm³/mol. The predicted octanol–water partition coefficient (Wildman–Crippen LogP) is 13.4. The van der Waals surface area contributed by atoms with Crippen molar-refractivity contribution in [2.75, 3.05) is 0 Å². The molecular weight excluding hydrogens is 844 g/mol. The van der Waals surface area contributed by atoms with Crippen LogP contribution in [0.5, 0.6) is 0 Å². The normalized spacial score (nSPS) is 11.9. The Labute approximate surface area is 382 Å². The van der Waals surface area contributed by atoms with E-state index in [4.69, 9.17) is 0 Å². The smallest absolute Gasteiger partial charge is 0.309 e. The molecule has 0 saturated carbocycles. The Kier molecular flexibility index (Phi) is 9.56. The Morgan fingerprint density at radius 3 is 1.49 bits per heavy atom. The topological polar surface area (TPSA) is 111 Å². The van der Waals surface area contributed by atoms with Gasteiger partial charge < -0.3 is 9.13 Å². The number of rotatable bonds is 6. The lowest BCUT2D eigenvalue weighted by Crippen LogP contribution is -2.08. The Morgan fingerprint density at radius 2 is 0.955 bits per heavy atom. The van der Waals surface area contributed by atoms with Crippen LogP contribution in [-0.4, -0.2) is 39.0 Å². The lowest BCUT2D eigenvalue weighted by molar-refractivity contribution is -0.137. The van der Waals surface area contributed by atoms with Crippen molar-refractivity contribution < 1.29 is 13.2 Å². The molecule has 7 aromatic carbocycles. The first-order valence-corrected chi connectivity index (χ1v) is 21.7. The van der Waals surface area contributed by atoms with E-state index in [1.54, 1.807) is 25.1 Å². The summed E-state index contributed by atoms with van der Waals surface area (Å²) in [7, 11) is 0. The number of fused-ring (bicyclic) bond motifs is 6. The SMILES string of the molecule is Cc1nc(C)nc(-c2ccc3c(c2)c2ccccc2n3-c2ccc(-c3c(C)cccc3C(F)(F)F)cc2-c2ccc(C#N)cc2-n2c3ccccc3c3cc(-c4nc(C)nc(C)n4)ccc32)n1. The second kappa shape index (κ2) is 15.6. The van der Waals surface area contributed by atoms with Gasteiger partial charge in [0.05, 0.1) is 50.6 Å². The van der Waals surface area contributed by atoms with Gasteiger partial charge in [0.15, 0.2) is 11.6 Å². The summed E-state index contributed by atoms with van der Waals surface area (Å²) in [4.78, 5) is 27.4. The molecule has 9 nitrogen and oxygen atoms in total. The second-order valence-electron chi connectivity index (χ2n) is 16.7. The maximum Gasteiger partial charge on any atom is 0.417 e. The Balaban J connectivity index is 1.23. The number of nitriles is 1. The lowest BCUT2D eigenvalue weighted by atomic mass is 9.90. The highest BCUT2D eigenvalue weighted by molar-refractivity contribution is 6.12. The minimum atomic E-state index is -4.61. The molecule has 11 aromatic rings. The summed E-state index contributed by atoms with van der Waals surface area (Å²) >= 11 is 0. The standard InChI is InChI=1S/C55H38F3N9/c1-30-11-10-14-45(55(56,57)58)52(30)36-18-22-48(66-46-15-8-6-12-39(46)43-27-37(19-23-49(43)66)53-62-31(2)60-32(3)63-53)42(26-36)41-21-17-35(29-59)25-51(41)67-47-16-9-7-13-40(47)44-28-38(20-24-50(44)67)54-64-33(4)61-34(5)65-54/h6-28H,1-5H3. The molecule has 4 aromatic heterocycles. The summed E-state index contributed by atoms with van der Waals surface area (Å²) in [6, 6.07) is 46.0. The van der Waals surface area contributed by atoms with E-state index in [2.05, 4.69) is 69.4 Å². The summed E-state index contributed by atoms with van der Waals surface area (Å²) in [5.74, 6) is 3.59. The molecule has 0 N–H and O–H groups in total. The number of alkyl halides is 3. The van der Waals surface area contributed by atoms with Crippen molar-refractivity contribution in [3.05, 3.63) is 180 Å². The quantitative estimate of drug-likeness (QED) is 0.163. The van der Waals surface area contributed by atoms with E-state index in [1.165, 1.54) is 6.07 Å². The van der Waals surface area contributed by atoms with Gasteiger partial charge in [-0.15, -0.1) is 0 Å². The van der Waals surface area contributed by atoms with Gasteiger partial charge in [-0.2, -0.15) is 18.4 Å². The maximum atomic E-state index is 14.9. The van der Waals surface area contributed by atoms with Gasteiger partial charge in [0.2, 0.25) is 0 Å². The first-order chi connectivity index (χ1) is 32.3. The molecule has 0 radical (unpaired) electrons. The van der Waals surface area contributed by atoms with Crippen LogP contribution in [0.25, 0.3) is 100 Å². The van der Waals surface area contributed by atoms with Crippen molar-refractivity contribution in [3.63, 3.8) is 0 Å². The third-order valence-corrected chi connectivity index (χ3v) is 12.3. The average molecular weight is 882 g/mol. The van der Waals surface area contributed by atoms with Crippen LogP contribution in [0.3, 0.4) is 0 Å². The van der Waals surface area contributed by atoms with E-state index in [-0.39, 0.29) is 5.56 Å². The Hall–Kier alpha value is -8.56. The molecular formula is C55H38F3N9. The molecule has 67 heavy (non-hydrogen) atoms. The van der Waals surface area contributed by atoms with Gasteiger partial charge in [0, 0.05) is 43.8 Å². The van der Waals surface area contributed by atoms with Gasteiger partial charge in [-0.25, -0.2) is 29.9 Å². The fourth-order valence-corrected chi connectivity index (χ4v) is 9.64. The van der Waals surface area contributed by atoms with Crippen LogP contribution in [0.15, 0.2) is 140 Å². The van der Waals surface area contributed by atoms with Crippen molar-refractivity contribution in [2.24, 2.45) is 0 Å². The van der Waals surface area contributed by atoms with Crippen LogP contribution in [0.1, 0.15) is 40.0 Å². The third-order valence-electron chi connectivity index (χ3n) is 12.3. The van der Waals surface area contributed by atoms with Crippen LogP contribution in [0, 0.1) is 45.9 Å². The molecule has 0 amide bonds. The van der Waals surface area contributed by atoms with Crippen molar-refractivity contribution in [1.29, 1.82) is 5.26 Å². The second-order valence-corrected chi connectivity index (χ2v) is 16.7. The van der Waals surface area contributed by atoms with Crippen LogP contribution in [-0.2, 0) is 6.18 Å². The first-order valence-electron chi connectivity index (χ1n) is 21.7. The lowest BCUT2D eigenvalue weighted by Gasteiger charge is -2.21. The fourth-order valence-electron chi connectivity index (χ4n) is 9.64. The summed E-state index contributed by atoms with van der Waals surface area (Å²) < 4.78 is 49.1. The molecule has 0 bridgehead atoms. The van der Waals surface area contributed by atoms with E-state index in [1.807, 2.05) is 113 Å². The van der Waals surface area contributed by atoms with Crippen molar-refractivity contribution in [1.82, 2.24) is 39.0 Å². The number of aryl methyl sites for hydroxylation is 5. The molecule has 0 fully saturated rings. The summed E-state index contributed by atoms with van der Waals surface area (Å²) in [6.07, 6.45) is -4.61. The molecule has 11 rings (SSSR count). The van der Waals surface area contributed by atoms with Gasteiger partial charge in [0.1, 0.15) is 23.3 Å². The number of aromatic nitrogens is 8. The van der Waals surface area contributed by atoms with Crippen molar-refractivity contribution in [3.8, 4) is 62.5 Å². The van der Waals surface area contributed by atoms with Crippen molar-refractivity contribution >= 4 is 43.6 Å². The van der Waals surface area contributed by atoms with E-state index >= 15 is 0 Å². The molecule has 0 unspecified atom stereocenters. The zero-order valence-electron chi connectivity index (χ0n) is 36.9. The van der Waals surface area contributed by atoms with E-state index in [9.17, 15) is 18.4 Å². The van der Waals surface area contributed by atoms with Gasteiger partial charge in [0.25, 0.3) is 0 Å². The molecule has 12 heteroatoms. The minimum absolute atomic E-state index is 0.0981. The Morgan fingerprint density at radius 1 is 0.448 bits per heavy atom. The number of nitrogens with zero attached hydrogens (tertiary/aromatic N) is 9. The molecule has 4 heterocycles. The van der Waals surface area contributed by atoms with Crippen LogP contribution >= 0.6 is 0 Å². The fraction of sp³-hybridized carbons (Fsp3) is 0.109. The number of hydrogen-bond donors (Lipinski definition) is 0. The zero-order valence-corrected chi connectivity index (χ0v) is 36.9. The minimum Gasteiger partial charge on any atom is -0.309 e. The highest BCUT2D eigenvalue weighted by Gasteiger charge is 2.34. The van der Waals surface area contributed by atoms with Crippen LogP contribution in [0.4, 0.5) is 13.2 Å².